The van der Waals surface area contributed by atoms with Crippen molar-refractivity contribution in [1.82, 2.24) is 9.97 Å². The predicted octanol–water partition coefficient (Wildman–Crippen LogP) is 1.51. The Morgan fingerprint density at radius 2 is 2.19 bits per heavy atom. The first-order chi connectivity index (χ1) is 7.54. The van der Waals surface area contributed by atoms with Crippen LogP contribution in [-0.2, 0) is 4.79 Å². The van der Waals surface area contributed by atoms with Crippen LogP contribution < -0.4 is 5.56 Å². The molecule has 88 valence electrons. The molecule has 0 bridgehead atoms. The first-order valence-electron chi connectivity index (χ1n) is 5.02. The van der Waals surface area contributed by atoms with Gasteiger partial charge < -0.3 is 10.1 Å². The zero-order chi connectivity index (χ0) is 12.2. The average molecular weight is 242 g/mol. The van der Waals surface area contributed by atoms with Crippen molar-refractivity contribution in [3.8, 4) is 0 Å². The lowest BCUT2D eigenvalue weighted by Gasteiger charge is -2.24. The number of H-pyrrole nitrogens is 1. The summed E-state index contributed by atoms with van der Waals surface area (Å²) in [5.74, 6) is -0.881. The Labute approximate surface area is 97.3 Å². The van der Waals surface area contributed by atoms with Crippen LogP contribution in [0.25, 0.3) is 0 Å². The summed E-state index contributed by atoms with van der Waals surface area (Å²) in [6.07, 6.45) is 2.32. The van der Waals surface area contributed by atoms with Gasteiger partial charge >= 0.3 is 5.97 Å². The normalized spacial score (nSPS) is 11.4. The molecule has 1 rings (SSSR count). The minimum absolute atomic E-state index is 0.274. The molecule has 0 radical (unpaired) electrons. The summed E-state index contributed by atoms with van der Waals surface area (Å²) in [5, 5.41) is 9.56. The van der Waals surface area contributed by atoms with E-state index in [-0.39, 0.29) is 5.56 Å². The Morgan fingerprint density at radius 3 is 2.62 bits per heavy atom. The molecule has 1 heterocycles. The van der Waals surface area contributed by atoms with Gasteiger partial charge in [0.25, 0.3) is 5.56 Å². The van der Waals surface area contributed by atoms with Crippen molar-refractivity contribution >= 4 is 17.7 Å². The van der Waals surface area contributed by atoms with E-state index in [1.807, 2.05) is 13.8 Å². The van der Waals surface area contributed by atoms with E-state index in [9.17, 15) is 14.7 Å². The van der Waals surface area contributed by atoms with Crippen LogP contribution in [0.3, 0.4) is 0 Å². The van der Waals surface area contributed by atoms with Gasteiger partial charge in [-0.25, -0.2) is 4.98 Å². The van der Waals surface area contributed by atoms with E-state index < -0.39 is 10.7 Å². The molecule has 16 heavy (non-hydrogen) atoms. The number of carboxylic acid groups (broad SMARTS) is 1. The van der Waals surface area contributed by atoms with Crippen LogP contribution in [0.1, 0.15) is 26.7 Å². The van der Waals surface area contributed by atoms with Crippen molar-refractivity contribution in [2.75, 3.05) is 0 Å². The number of aromatic nitrogens is 2. The first kappa shape index (κ1) is 12.8. The molecule has 6 heteroatoms. The van der Waals surface area contributed by atoms with Gasteiger partial charge in [0.05, 0.1) is 0 Å². The van der Waals surface area contributed by atoms with Crippen LogP contribution >= 0.6 is 11.8 Å². The molecule has 1 aromatic heterocycles. The molecule has 0 unspecified atom stereocenters. The van der Waals surface area contributed by atoms with E-state index in [0.29, 0.717) is 18.0 Å². The summed E-state index contributed by atoms with van der Waals surface area (Å²) < 4.78 is -0.919. The SMILES string of the molecule is CCC(CC)(Sc1nccc(=O)[nH]1)C(=O)O. The molecule has 0 aliphatic rings. The summed E-state index contributed by atoms with van der Waals surface area (Å²) >= 11 is 1.09. The van der Waals surface area contributed by atoms with Crippen molar-refractivity contribution < 1.29 is 9.90 Å². The molecule has 1 aromatic rings. The van der Waals surface area contributed by atoms with Crippen LogP contribution in [0.5, 0.6) is 0 Å². The van der Waals surface area contributed by atoms with E-state index in [2.05, 4.69) is 9.97 Å². The van der Waals surface area contributed by atoms with Gasteiger partial charge in [0.15, 0.2) is 5.16 Å². The van der Waals surface area contributed by atoms with Gasteiger partial charge in [-0.05, 0) is 12.8 Å². The molecule has 0 atom stereocenters. The molecule has 0 fully saturated rings. The summed E-state index contributed by atoms with van der Waals surface area (Å²) in [6, 6.07) is 1.30. The third kappa shape index (κ3) is 2.63. The highest BCUT2D eigenvalue weighted by molar-refractivity contribution is 8.01. The number of aliphatic carboxylic acids is 1. The Kier molecular flexibility index (Phi) is 4.12. The maximum atomic E-state index is 11.2. The van der Waals surface area contributed by atoms with Gasteiger partial charge in [-0.15, -0.1) is 0 Å². The van der Waals surface area contributed by atoms with Gasteiger partial charge in [0.1, 0.15) is 4.75 Å². The van der Waals surface area contributed by atoms with E-state index in [1.54, 1.807) is 0 Å². The molecule has 0 amide bonds. The highest BCUT2D eigenvalue weighted by atomic mass is 32.2. The number of carbonyl (C=O) groups is 1. The first-order valence-corrected chi connectivity index (χ1v) is 5.83. The third-order valence-corrected chi connectivity index (χ3v) is 4.02. The average Bonchev–Trinajstić information content (AvgIpc) is 2.25. The van der Waals surface area contributed by atoms with Crippen molar-refractivity contribution in [2.24, 2.45) is 0 Å². The van der Waals surface area contributed by atoms with Crippen LogP contribution in [0, 0.1) is 0 Å². The van der Waals surface area contributed by atoms with Crippen molar-refractivity contribution in [1.29, 1.82) is 0 Å². The Hall–Kier alpha value is -1.30. The van der Waals surface area contributed by atoms with Gasteiger partial charge in [-0.2, -0.15) is 0 Å². The van der Waals surface area contributed by atoms with Crippen molar-refractivity contribution in [2.45, 2.75) is 36.6 Å². The van der Waals surface area contributed by atoms with Gasteiger partial charge in [-0.3, -0.25) is 9.59 Å². The van der Waals surface area contributed by atoms with Crippen molar-refractivity contribution in [3.05, 3.63) is 22.6 Å². The summed E-state index contributed by atoms with van der Waals surface area (Å²) in [6.45, 7) is 3.62. The second-order valence-corrected chi connectivity index (χ2v) is 4.72. The van der Waals surface area contributed by atoms with Crippen LogP contribution in [0.4, 0.5) is 0 Å². The maximum absolute atomic E-state index is 11.2. The summed E-state index contributed by atoms with van der Waals surface area (Å²) in [5.41, 5.74) is -0.274. The van der Waals surface area contributed by atoms with E-state index >= 15 is 0 Å². The second-order valence-electron chi connectivity index (χ2n) is 3.35. The predicted molar refractivity (Wildman–Crippen MR) is 61.7 cm³/mol. The summed E-state index contributed by atoms with van der Waals surface area (Å²) in [7, 11) is 0. The molecular weight excluding hydrogens is 228 g/mol. The number of carboxylic acids is 1. The number of hydrogen-bond acceptors (Lipinski definition) is 4. The Morgan fingerprint density at radius 1 is 1.56 bits per heavy atom. The molecule has 5 nitrogen and oxygen atoms in total. The monoisotopic (exact) mass is 242 g/mol. The quantitative estimate of drug-likeness (QED) is 0.604. The zero-order valence-corrected chi connectivity index (χ0v) is 10.0. The van der Waals surface area contributed by atoms with Crippen molar-refractivity contribution in [3.63, 3.8) is 0 Å². The molecule has 0 saturated heterocycles. The zero-order valence-electron chi connectivity index (χ0n) is 9.19. The van der Waals surface area contributed by atoms with E-state index in [4.69, 9.17) is 0 Å². The molecule has 2 N–H and O–H groups in total. The molecule has 0 spiro atoms. The smallest absolute Gasteiger partial charge is 0.320 e. The van der Waals surface area contributed by atoms with Gasteiger partial charge in [0.2, 0.25) is 0 Å². The topological polar surface area (TPSA) is 83.0 Å². The maximum Gasteiger partial charge on any atom is 0.320 e. The number of rotatable bonds is 5. The van der Waals surface area contributed by atoms with Crippen LogP contribution in [-0.4, -0.2) is 25.8 Å². The van der Waals surface area contributed by atoms with Crippen LogP contribution in [0.15, 0.2) is 22.2 Å². The Bertz CT molecular complexity index is 426. The lowest BCUT2D eigenvalue weighted by Crippen LogP contribution is -2.34. The largest absolute Gasteiger partial charge is 0.480 e. The van der Waals surface area contributed by atoms with Crippen LogP contribution in [0.2, 0.25) is 0 Å². The lowest BCUT2D eigenvalue weighted by molar-refractivity contribution is -0.140. The minimum Gasteiger partial charge on any atom is -0.480 e. The fourth-order valence-electron chi connectivity index (χ4n) is 1.33. The van der Waals surface area contributed by atoms with Gasteiger partial charge in [0, 0.05) is 12.3 Å². The molecule has 0 aliphatic heterocycles. The summed E-state index contributed by atoms with van der Waals surface area (Å²) in [4.78, 5) is 28.8. The fourth-order valence-corrected chi connectivity index (χ4v) is 2.34. The van der Waals surface area contributed by atoms with Gasteiger partial charge in [-0.1, -0.05) is 25.6 Å². The lowest BCUT2D eigenvalue weighted by atomic mass is 10.0. The highest BCUT2D eigenvalue weighted by Crippen LogP contribution is 2.36. The Balaban J connectivity index is 3.00. The number of nitrogens with one attached hydrogen (secondary N) is 1. The number of aromatic amines is 1. The number of thioether (sulfide) groups is 1. The molecule has 0 aliphatic carbocycles. The molecule has 0 saturated carbocycles. The van der Waals surface area contributed by atoms with E-state index in [1.165, 1.54) is 12.3 Å². The van der Waals surface area contributed by atoms with E-state index in [0.717, 1.165) is 11.8 Å². The second kappa shape index (κ2) is 5.16. The molecular formula is C10H14N2O3S. The standard InChI is InChI=1S/C10H14N2O3S/c1-3-10(4-2,8(14)15)16-9-11-6-5-7(13)12-9/h5-6H,3-4H2,1-2H3,(H,14,15)(H,11,12,13). The number of nitrogens with zero attached hydrogens (tertiary/aromatic N) is 1. The highest BCUT2D eigenvalue weighted by Gasteiger charge is 2.36. The minimum atomic E-state index is -0.919. The fraction of sp³-hybridized carbons (Fsp3) is 0.500. The third-order valence-electron chi connectivity index (χ3n) is 2.47. The molecule has 0 aromatic carbocycles. The number of hydrogen-bond donors (Lipinski definition) is 2.